The summed E-state index contributed by atoms with van der Waals surface area (Å²) in [5, 5.41) is 9.51. The second kappa shape index (κ2) is 4.86. The minimum Gasteiger partial charge on any atom is -0.344 e. The molecule has 4 aromatic rings. The van der Waals surface area contributed by atoms with Gasteiger partial charge in [-0.2, -0.15) is 0 Å². The van der Waals surface area contributed by atoms with Crippen LogP contribution in [0.2, 0.25) is 0 Å². The first-order chi connectivity index (χ1) is 10.4. The molecule has 0 spiro atoms. The van der Waals surface area contributed by atoms with Gasteiger partial charge in [-0.1, -0.05) is 35.5 Å². The molecule has 21 heavy (non-hydrogen) atoms. The first kappa shape index (κ1) is 11.8. The zero-order chi connectivity index (χ0) is 14.1. The Balaban J connectivity index is 1.68. The number of aromatic amines is 1. The van der Waals surface area contributed by atoms with Crippen molar-refractivity contribution >= 4 is 11.0 Å². The molecule has 0 saturated heterocycles. The molecule has 0 bridgehead atoms. The minimum absolute atomic E-state index is 0.779. The predicted octanol–water partition coefficient (Wildman–Crippen LogP) is 2.73. The third-order valence-electron chi connectivity index (χ3n) is 3.44. The maximum absolute atomic E-state index is 4.28. The Kier molecular flexibility index (Phi) is 2.74. The molecule has 0 saturated carbocycles. The number of pyridine rings is 1. The summed E-state index contributed by atoms with van der Waals surface area (Å²) in [6.45, 7) is 0. The molecule has 1 aromatic carbocycles. The molecule has 0 radical (unpaired) electrons. The smallest absolute Gasteiger partial charge is 0.139 e. The first-order valence-electron chi connectivity index (χ1n) is 6.78. The Labute approximate surface area is 121 Å². The number of hydrogen-bond donors (Lipinski definition) is 1. The summed E-state index contributed by atoms with van der Waals surface area (Å²) in [7, 11) is 0. The molecule has 4 rings (SSSR count). The normalized spacial score (nSPS) is 11.0. The van der Waals surface area contributed by atoms with E-state index in [2.05, 4.69) is 32.4 Å². The van der Waals surface area contributed by atoms with Crippen LogP contribution in [0.3, 0.4) is 0 Å². The highest BCUT2D eigenvalue weighted by Gasteiger charge is 2.09. The maximum Gasteiger partial charge on any atom is 0.139 e. The molecule has 0 aliphatic rings. The summed E-state index contributed by atoms with van der Waals surface area (Å²) in [5.41, 5.74) is 3.99. The molecule has 5 heteroatoms. The largest absolute Gasteiger partial charge is 0.344 e. The number of H-pyrrole nitrogens is 1. The van der Waals surface area contributed by atoms with Crippen molar-refractivity contribution in [2.24, 2.45) is 0 Å². The van der Waals surface area contributed by atoms with Gasteiger partial charge in [0.15, 0.2) is 0 Å². The Morgan fingerprint density at radius 2 is 1.95 bits per heavy atom. The van der Waals surface area contributed by atoms with Crippen LogP contribution in [0.25, 0.3) is 16.7 Å². The average molecular weight is 275 g/mol. The lowest BCUT2D eigenvalue weighted by Gasteiger charge is -1.97. The van der Waals surface area contributed by atoms with E-state index in [1.807, 2.05) is 42.7 Å². The molecule has 3 heterocycles. The molecule has 0 unspecified atom stereocenters. The van der Waals surface area contributed by atoms with Crippen LogP contribution in [0.15, 0.2) is 61.1 Å². The summed E-state index contributed by atoms with van der Waals surface area (Å²) < 4.78 is 1.79. The quantitative estimate of drug-likeness (QED) is 0.625. The van der Waals surface area contributed by atoms with Crippen molar-refractivity contribution in [3.05, 3.63) is 72.3 Å². The van der Waals surface area contributed by atoms with Gasteiger partial charge in [-0.3, -0.25) is 0 Å². The van der Waals surface area contributed by atoms with E-state index in [1.54, 1.807) is 10.9 Å². The fourth-order valence-electron chi connectivity index (χ4n) is 2.43. The van der Waals surface area contributed by atoms with E-state index in [-0.39, 0.29) is 0 Å². The van der Waals surface area contributed by atoms with Crippen LogP contribution in [0.5, 0.6) is 0 Å². The van der Waals surface area contributed by atoms with E-state index in [0.29, 0.717) is 0 Å². The van der Waals surface area contributed by atoms with Crippen molar-refractivity contribution in [1.82, 2.24) is 25.0 Å². The Morgan fingerprint density at radius 3 is 2.86 bits per heavy atom. The van der Waals surface area contributed by atoms with Crippen LogP contribution in [-0.4, -0.2) is 25.0 Å². The molecule has 0 atom stereocenters. The van der Waals surface area contributed by atoms with Crippen molar-refractivity contribution in [3.8, 4) is 5.69 Å². The van der Waals surface area contributed by atoms with Crippen molar-refractivity contribution < 1.29 is 0 Å². The number of nitrogens with zero attached hydrogens (tertiary/aromatic N) is 4. The van der Waals surface area contributed by atoms with Crippen molar-refractivity contribution in [3.63, 3.8) is 0 Å². The summed E-state index contributed by atoms with van der Waals surface area (Å²) in [6.07, 6.45) is 6.41. The van der Waals surface area contributed by atoms with Crippen LogP contribution in [0, 0.1) is 0 Å². The van der Waals surface area contributed by atoms with Gasteiger partial charge in [-0.25, -0.2) is 9.67 Å². The lowest BCUT2D eigenvalue weighted by atomic mass is 10.1. The second-order valence-electron chi connectivity index (χ2n) is 4.89. The zero-order valence-corrected chi connectivity index (χ0v) is 11.3. The molecule has 1 N–H and O–H groups in total. The third-order valence-corrected chi connectivity index (χ3v) is 3.44. The van der Waals surface area contributed by atoms with Gasteiger partial charge < -0.3 is 4.98 Å². The van der Waals surface area contributed by atoms with Crippen LogP contribution < -0.4 is 0 Å². The van der Waals surface area contributed by atoms with E-state index >= 15 is 0 Å². The molecule has 0 aliphatic carbocycles. The van der Waals surface area contributed by atoms with Gasteiger partial charge in [0.25, 0.3) is 0 Å². The van der Waals surface area contributed by atoms with Gasteiger partial charge >= 0.3 is 0 Å². The molecule has 102 valence electrons. The maximum atomic E-state index is 4.28. The van der Waals surface area contributed by atoms with Gasteiger partial charge in [0, 0.05) is 24.2 Å². The molecular weight excluding hydrogens is 262 g/mol. The number of aromatic nitrogens is 5. The molecule has 0 amide bonds. The molecule has 0 aliphatic heterocycles. The highest BCUT2D eigenvalue weighted by Crippen LogP contribution is 2.19. The average Bonchev–Trinajstić information content (AvgIpc) is 3.14. The predicted molar refractivity (Wildman–Crippen MR) is 80.3 cm³/mol. The summed E-state index contributed by atoms with van der Waals surface area (Å²) >= 11 is 0. The van der Waals surface area contributed by atoms with Gasteiger partial charge in [0.1, 0.15) is 5.65 Å². The number of benzene rings is 1. The molecular formula is C16H13N5. The van der Waals surface area contributed by atoms with Gasteiger partial charge in [0.2, 0.25) is 0 Å². The van der Waals surface area contributed by atoms with Crippen LogP contribution >= 0.6 is 0 Å². The van der Waals surface area contributed by atoms with Crippen molar-refractivity contribution in [2.75, 3.05) is 0 Å². The van der Waals surface area contributed by atoms with E-state index in [9.17, 15) is 0 Å². The monoisotopic (exact) mass is 275 g/mol. The van der Waals surface area contributed by atoms with Crippen LogP contribution in [0.4, 0.5) is 0 Å². The SMILES string of the molecule is c1ccc(Cc2cn(-c3c[nH]c4ncccc34)nn2)cc1. The van der Waals surface area contributed by atoms with E-state index in [1.165, 1.54) is 5.56 Å². The van der Waals surface area contributed by atoms with Gasteiger partial charge in [0.05, 0.1) is 17.6 Å². The lowest BCUT2D eigenvalue weighted by molar-refractivity contribution is 0.803. The van der Waals surface area contributed by atoms with Crippen molar-refractivity contribution in [1.29, 1.82) is 0 Å². The van der Waals surface area contributed by atoms with Gasteiger partial charge in [-0.15, -0.1) is 5.10 Å². The topological polar surface area (TPSA) is 59.4 Å². The lowest BCUT2D eigenvalue weighted by Crippen LogP contribution is -1.93. The van der Waals surface area contributed by atoms with Crippen LogP contribution in [-0.2, 0) is 6.42 Å². The standard InChI is InChI=1S/C16H13N5/c1-2-5-12(6-3-1)9-13-11-21(20-19-13)15-10-18-16-14(15)7-4-8-17-16/h1-8,10-11H,9H2,(H,17,18). The van der Waals surface area contributed by atoms with Crippen molar-refractivity contribution in [2.45, 2.75) is 6.42 Å². The van der Waals surface area contributed by atoms with E-state index < -0.39 is 0 Å². The Morgan fingerprint density at radius 1 is 1.05 bits per heavy atom. The fourth-order valence-corrected chi connectivity index (χ4v) is 2.43. The van der Waals surface area contributed by atoms with E-state index in [0.717, 1.165) is 28.8 Å². The molecule has 0 fully saturated rings. The molecule has 3 aromatic heterocycles. The second-order valence-corrected chi connectivity index (χ2v) is 4.89. The van der Waals surface area contributed by atoms with Gasteiger partial charge in [-0.05, 0) is 17.7 Å². The fraction of sp³-hybridized carbons (Fsp3) is 0.0625. The number of hydrogen-bond acceptors (Lipinski definition) is 3. The Hall–Kier alpha value is -2.95. The highest BCUT2D eigenvalue weighted by atomic mass is 15.4. The van der Waals surface area contributed by atoms with Crippen LogP contribution in [0.1, 0.15) is 11.3 Å². The Bertz CT molecular complexity index is 876. The number of fused-ring (bicyclic) bond motifs is 1. The first-order valence-corrected chi connectivity index (χ1v) is 6.78. The van der Waals surface area contributed by atoms with E-state index in [4.69, 9.17) is 0 Å². The number of nitrogens with one attached hydrogen (secondary N) is 1. The highest BCUT2D eigenvalue weighted by molar-refractivity contribution is 5.84. The molecule has 5 nitrogen and oxygen atoms in total. The summed E-state index contributed by atoms with van der Waals surface area (Å²) in [4.78, 5) is 7.43. The minimum atomic E-state index is 0.779. The summed E-state index contributed by atoms with van der Waals surface area (Å²) in [6, 6.07) is 14.2. The third kappa shape index (κ3) is 2.18. The summed E-state index contributed by atoms with van der Waals surface area (Å²) in [5.74, 6) is 0. The number of rotatable bonds is 3. The zero-order valence-electron chi connectivity index (χ0n) is 11.3.